The molecule has 0 fully saturated rings. The van der Waals surface area contributed by atoms with E-state index in [-0.39, 0.29) is 5.41 Å². The summed E-state index contributed by atoms with van der Waals surface area (Å²) in [4.78, 5) is 13.1. The maximum absolute atomic E-state index is 11.1. The topological polar surface area (TPSA) is 20.3 Å². The van der Waals surface area contributed by atoms with E-state index in [1.165, 1.54) is 0 Å². The smallest absolute Gasteiger partial charge is 0.130 e. The van der Waals surface area contributed by atoms with Crippen LogP contribution in [0, 0.1) is 0 Å². The molecule has 1 atom stereocenters. The molecular formula is C13H19NO. The Labute approximate surface area is 91.9 Å². The Kier molecular flexibility index (Phi) is 3.51. The molecule has 0 amide bonds. The molecule has 0 heterocycles. The maximum Gasteiger partial charge on any atom is 0.130 e. The van der Waals surface area contributed by atoms with Crippen LogP contribution >= 0.6 is 0 Å². The Morgan fingerprint density at radius 1 is 1.27 bits per heavy atom. The first-order valence-corrected chi connectivity index (χ1v) is 5.27. The Morgan fingerprint density at radius 3 is 2.13 bits per heavy atom. The van der Waals surface area contributed by atoms with Crippen LogP contribution in [0.4, 0.5) is 5.69 Å². The molecule has 15 heavy (non-hydrogen) atoms. The number of benzene rings is 1. The number of rotatable bonds is 4. The molecule has 0 radical (unpaired) electrons. The highest BCUT2D eigenvalue weighted by molar-refractivity contribution is 5.68. The summed E-state index contributed by atoms with van der Waals surface area (Å²) in [7, 11) is 4.02. The van der Waals surface area contributed by atoms with Crippen LogP contribution in [0.2, 0.25) is 0 Å². The van der Waals surface area contributed by atoms with E-state index in [0.717, 1.165) is 24.0 Å². The summed E-state index contributed by atoms with van der Waals surface area (Å²) in [5, 5.41) is 0. The highest BCUT2D eigenvalue weighted by Gasteiger charge is 2.23. The van der Waals surface area contributed by atoms with Crippen LogP contribution in [0.15, 0.2) is 24.3 Å². The van der Waals surface area contributed by atoms with Gasteiger partial charge in [0.05, 0.1) is 0 Å². The summed E-state index contributed by atoms with van der Waals surface area (Å²) in [5.74, 6) is 0. The molecule has 82 valence electrons. The normalized spacial score (nSPS) is 14.4. The molecule has 0 aliphatic heterocycles. The monoisotopic (exact) mass is 205 g/mol. The number of carbonyl (C=O) groups excluding carboxylic acids is 1. The van der Waals surface area contributed by atoms with Gasteiger partial charge in [-0.05, 0) is 31.0 Å². The van der Waals surface area contributed by atoms with Gasteiger partial charge in [0.15, 0.2) is 0 Å². The average Bonchev–Trinajstić information content (AvgIpc) is 2.28. The molecule has 2 nitrogen and oxygen atoms in total. The molecule has 0 spiro atoms. The van der Waals surface area contributed by atoms with Gasteiger partial charge in [0, 0.05) is 25.2 Å². The van der Waals surface area contributed by atoms with Crippen molar-refractivity contribution in [3.63, 3.8) is 0 Å². The van der Waals surface area contributed by atoms with Crippen molar-refractivity contribution in [2.75, 3.05) is 19.0 Å². The highest BCUT2D eigenvalue weighted by Crippen LogP contribution is 2.26. The molecule has 0 saturated carbocycles. The van der Waals surface area contributed by atoms with Gasteiger partial charge >= 0.3 is 0 Å². The number of anilines is 1. The van der Waals surface area contributed by atoms with E-state index in [1.807, 2.05) is 57.1 Å². The lowest BCUT2D eigenvalue weighted by Gasteiger charge is -2.22. The Balaban J connectivity index is 3.02. The lowest BCUT2D eigenvalue weighted by Crippen LogP contribution is -2.22. The van der Waals surface area contributed by atoms with Crippen molar-refractivity contribution in [3.05, 3.63) is 29.8 Å². The summed E-state index contributed by atoms with van der Waals surface area (Å²) in [6, 6.07) is 8.17. The van der Waals surface area contributed by atoms with Crippen molar-refractivity contribution in [1.82, 2.24) is 0 Å². The zero-order chi connectivity index (χ0) is 11.5. The molecule has 0 aliphatic rings. The SMILES string of the molecule is CCC(C)(C=O)c1ccc(N(C)C)cc1. The van der Waals surface area contributed by atoms with Gasteiger partial charge < -0.3 is 9.69 Å². The third kappa shape index (κ3) is 2.38. The third-order valence-electron chi connectivity index (χ3n) is 3.04. The standard InChI is InChI=1S/C13H19NO/c1-5-13(2,10-15)11-6-8-12(9-7-11)14(3)4/h6-10H,5H2,1-4H3. The summed E-state index contributed by atoms with van der Waals surface area (Å²) >= 11 is 0. The van der Waals surface area contributed by atoms with Crippen LogP contribution in [0.5, 0.6) is 0 Å². The number of aldehydes is 1. The van der Waals surface area contributed by atoms with Crippen molar-refractivity contribution >= 4 is 12.0 Å². The zero-order valence-electron chi connectivity index (χ0n) is 9.95. The molecule has 2 heteroatoms. The summed E-state index contributed by atoms with van der Waals surface area (Å²) < 4.78 is 0. The van der Waals surface area contributed by atoms with Crippen molar-refractivity contribution < 1.29 is 4.79 Å². The van der Waals surface area contributed by atoms with Gasteiger partial charge in [-0.25, -0.2) is 0 Å². The van der Waals surface area contributed by atoms with Crippen LogP contribution in [-0.4, -0.2) is 20.4 Å². The summed E-state index contributed by atoms with van der Waals surface area (Å²) in [6.07, 6.45) is 1.87. The van der Waals surface area contributed by atoms with Crippen molar-refractivity contribution in [3.8, 4) is 0 Å². The van der Waals surface area contributed by atoms with E-state index in [4.69, 9.17) is 0 Å². The fourth-order valence-corrected chi connectivity index (χ4v) is 1.50. The number of hydrogen-bond acceptors (Lipinski definition) is 2. The minimum Gasteiger partial charge on any atom is -0.378 e. The molecule has 0 saturated heterocycles. The predicted molar refractivity (Wildman–Crippen MR) is 64.5 cm³/mol. The average molecular weight is 205 g/mol. The summed E-state index contributed by atoms with van der Waals surface area (Å²) in [6.45, 7) is 4.01. The van der Waals surface area contributed by atoms with Gasteiger partial charge in [-0.3, -0.25) is 0 Å². The number of carbonyl (C=O) groups is 1. The second kappa shape index (κ2) is 4.47. The maximum atomic E-state index is 11.1. The van der Waals surface area contributed by atoms with Crippen molar-refractivity contribution in [2.24, 2.45) is 0 Å². The molecule has 1 aromatic rings. The van der Waals surface area contributed by atoms with E-state index in [0.29, 0.717) is 0 Å². The minimum atomic E-state index is -0.342. The van der Waals surface area contributed by atoms with Crippen LogP contribution < -0.4 is 4.90 Å². The van der Waals surface area contributed by atoms with Gasteiger partial charge in [0.1, 0.15) is 6.29 Å². The fourth-order valence-electron chi connectivity index (χ4n) is 1.50. The van der Waals surface area contributed by atoms with Crippen molar-refractivity contribution in [1.29, 1.82) is 0 Å². The first-order chi connectivity index (χ1) is 7.03. The molecule has 1 unspecified atom stereocenters. The zero-order valence-corrected chi connectivity index (χ0v) is 9.95. The highest BCUT2D eigenvalue weighted by atomic mass is 16.1. The second-order valence-electron chi connectivity index (χ2n) is 4.33. The number of hydrogen-bond donors (Lipinski definition) is 0. The van der Waals surface area contributed by atoms with Gasteiger partial charge in [-0.1, -0.05) is 19.1 Å². The summed E-state index contributed by atoms with van der Waals surface area (Å²) in [5.41, 5.74) is 1.90. The number of nitrogens with zero attached hydrogens (tertiary/aromatic N) is 1. The quantitative estimate of drug-likeness (QED) is 0.704. The third-order valence-corrected chi connectivity index (χ3v) is 3.04. The first kappa shape index (κ1) is 11.8. The molecule has 1 aromatic carbocycles. The largest absolute Gasteiger partial charge is 0.378 e. The molecule has 0 bridgehead atoms. The molecular weight excluding hydrogens is 186 g/mol. The van der Waals surface area contributed by atoms with Crippen LogP contribution in [0.3, 0.4) is 0 Å². The molecule has 1 rings (SSSR count). The van der Waals surface area contributed by atoms with Gasteiger partial charge in [-0.15, -0.1) is 0 Å². The molecule has 0 aliphatic carbocycles. The van der Waals surface area contributed by atoms with Crippen LogP contribution in [-0.2, 0) is 10.2 Å². The first-order valence-electron chi connectivity index (χ1n) is 5.27. The van der Waals surface area contributed by atoms with Gasteiger partial charge in [0.2, 0.25) is 0 Å². The Hall–Kier alpha value is -1.31. The Bertz CT molecular complexity index is 329. The van der Waals surface area contributed by atoms with Crippen LogP contribution in [0.1, 0.15) is 25.8 Å². The van der Waals surface area contributed by atoms with Gasteiger partial charge in [0.25, 0.3) is 0 Å². The van der Waals surface area contributed by atoms with Crippen LogP contribution in [0.25, 0.3) is 0 Å². The van der Waals surface area contributed by atoms with E-state index < -0.39 is 0 Å². The van der Waals surface area contributed by atoms with E-state index in [9.17, 15) is 4.79 Å². The Morgan fingerprint density at radius 2 is 1.80 bits per heavy atom. The van der Waals surface area contributed by atoms with Gasteiger partial charge in [-0.2, -0.15) is 0 Å². The van der Waals surface area contributed by atoms with E-state index in [1.54, 1.807) is 0 Å². The fraction of sp³-hybridized carbons (Fsp3) is 0.462. The van der Waals surface area contributed by atoms with E-state index >= 15 is 0 Å². The second-order valence-corrected chi connectivity index (χ2v) is 4.33. The lowest BCUT2D eigenvalue weighted by atomic mass is 9.81. The van der Waals surface area contributed by atoms with Crippen molar-refractivity contribution in [2.45, 2.75) is 25.7 Å². The predicted octanol–water partition coefficient (Wildman–Crippen LogP) is 2.62. The van der Waals surface area contributed by atoms with E-state index in [2.05, 4.69) is 0 Å². The molecule has 0 aromatic heterocycles. The minimum absolute atomic E-state index is 0.342. The lowest BCUT2D eigenvalue weighted by molar-refractivity contribution is -0.112. The molecule has 0 N–H and O–H groups in total.